The van der Waals surface area contributed by atoms with E-state index in [1.807, 2.05) is 0 Å². The molecule has 2 saturated heterocycles. The van der Waals surface area contributed by atoms with E-state index in [9.17, 15) is 5.11 Å². The van der Waals surface area contributed by atoms with Crippen molar-refractivity contribution < 1.29 is 9.84 Å². The van der Waals surface area contributed by atoms with Crippen LogP contribution in [0, 0.1) is 11.3 Å². The van der Waals surface area contributed by atoms with Gasteiger partial charge < -0.3 is 20.1 Å². The number of hydrogen-bond donors (Lipinski definition) is 2. The van der Waals surface area contributed by atoms with Gasteiger partial charge in [0.1, 0.15) is 0 Å². The average molecular weight is 256 g/mol. The summed E-state index contributed by atoms with van der Waals surface area (Å²) >= 11 is 0. The SMILES string of the molecule is CCNCC1(CN2CCC(C)C(O)C2)CCOC1. The zero-order valence-corrected chi connectivity index (χ0v) is 11.8. The van der Waals surface area contributed by atoms with E-state index in [0.29, 0.717) is 5.92 Å². The lowest BCUT2D eigenvalue weighted by molar-refractivity contribution is 0.00733. The van der Waals surface area contributed by atoms with E-state index in [1.54, 1.807) is 0 Å². The van der Waals surface area contributed by atoms with Crippen molar-refractivity contribution >= 4 is 0 Å². The van der Waals surface area contributed by atoms with Crippen LogP contribution in [0.3, 0.4) is 0 Å². The predicted molar refractivity (Wildman–Crippen MR) is 72.6 cm³/mol. The highest BCUT2D eigenvalue weighted by Crippen LogP contribution is 2.30. The van der Waals surface area contributed by atoms with Gasteiger partial charge in [-0.05, 0) is 31.8 Å². The van der Waals surface area contributed by atoms with E-state index in [0.717, 1.165) is 58.8 Å². The Morgan fingerprint density at radius 2 is 2.33 bits per heavy atom. The first-order valence-electron chi connectivity index (χ1n) is 7.34. The number of β-amino-alcohol motifs (C(OH)–C–C–N with tert-alkyl or cyclic N) is 1. The molecule has 0 radical (unpaired) electrons. The number of likely N-dealkylation sites (tertiary alicyclic amines) is 1. The second-order valence-corrected chi connectivity index (χ2v) is 6.15. The lowest BCUT2D eigenvalue weighted by atomic mass is 9.85. The second kappa shape index (κ2) is 6.33. The second-order valence-electron chi connectivity index (χ2n) is 6.15. The van der Waals surface area contributed by atoms with Crippen LogP contribution in [0.15, 0.2) is 0 Å². The van der Waals surface area contributed by atoms with Crippen molar-refractivity contribution in [2.24, 2.45) is 11.3 Å². The summed E-state index contributed by atoms with van der Waals surface area (Å²) in [5, 5.41) is 13.5. The molecular formula is C14H28N2O2. The van der Waals surface area contributed by atoms with E-state index in [-0.39, 0.29) is 11.5 Å². The largest absolute Gasteiger partial charge is 0.392 e. The van der Waals surface area contributed by atoms with Gasteiger partial charge in [0, 0.05) is 31.7 Å². The number of nitrogens with one attached hydrogen (secondary N) is 1. The van der Waals surface area contributed by atoms with E-state index in [1.165, 1.54) is 0 Å². The Balaban J connectivity index is 1.88. The number of aliphatic hydroxyl groups excluding tert-OH is 1. The molecule has 0 saturated carbocycles. The Bertz CT molecular complexity index is 254. The molecule has 2 fully saturated rings. The van der Waals surface area contributed by atoms with Crippen molar-refractivity contribution in [1.29, 1.82) is 0 Å². The zero-order valence-electron chi connectivity index (χ0n) is 11.8. The van der Waals surface area contributed by atoms with Crippen LogP contribution >= 0.6 is 0 Å². The highest BCUT2D eigenvalue weighted by atomic mass is 16.5. The highest BCUT2D eigenvalue weighted by Gasteiger charge is 2.37. The Labute approximate surface area is 111 Å². The third-order valence-electron chi connectivity index (χ3n) is 4.50. The van der Waals surface area contributed by atoms with Crippen LogP contribution in [0.25, 0.3) is 0 Å². The van der Waals surface area contributed by atoms with Gasteiger partial charge in [-0.15, -0.1) is 0 Å². The smallest absolute Gasteiger partial charge is 0.0693 e. The molecule has 3 unspecified atom stereocenters. The van der Waals surface area contributed by atoms with Gasteiger partial charge in [0.05, 0.1) is 12.7 Å². The van der Waals surface area contributed by atoms with Crippen LogP contribution in [0.5, 0.6) is 0 Å². The van der Waals surface area contributed by atoms with Gasteiger partial charge in [0.25, 0.3) is 0 Å². The molecule has 2 rings (SSSR count). The van der Waals surface area contributed by atoms with Gasteiger partial charge in [-0.2, -0.15) is 0 Å². The standard InChI is InChI=1S/C14H28N2O2/c1-3-15-9-14(5-7-18-11-14)10-16-6-4-12(2)13(17)8-16/h12-13,15,17H,3-11H2,1-2H3. The summed E-state index contributed by atoms with van der Waals surface area (Å²) in [6, 6.07) is 0. The van der Waals surface area contributed by atoms with Crippen molar-refractivity contribution in [2.45, 2.75) is 32.8 Å². The molecule has 0 bridgehead atoms. The molecule has 0 aromatic rings. The van der Waals surface area contributed by atoms with Crippen LogP contribution < -0.4 is 5.32 Å². The van der Waals surface area contributed by atoms with Crippen LogP contribution in [-0.2, 0) is 4.74 Å². The molecule has 2 aliphatic heterocycles. The molecular weight excluding hydrogens is 228 g/mol. The molecule has 106 valence electrons. The number of rotatable bonds is 5. The fraction of sp³-hybridized carbons (Fsp3) is 1.00. The highest BCUT2D eigenvalue weighted by molar-refractivity contribution is 4.90. The summed E-state index contributed by atoms with van der Waals surface area (Å²) in [4.78, 5) is 2.43. The van der Waals surface area contributed by atoms with Crippen LogP contribution in [0.2, 0.25) is 0 Å². The van der Waals surface area contributed by atoms with Crippen LogP contribution in [0.4, 0.5) is 0 Å². The number of nitrogens with zero attached hydrogens (tertiary/aromatic N) is 1. The van der Waals surface area contributed by atoms with Crippen LogP contribution in [0.1, 0.15) is 26.7 Å². The number of piperidine rings is 1. The predicted octanol–water partition coefficient (Wildman–Crippen LogP) is 0.705. The minimum atomic E-state index is -0.155. The van der Waals surface area contributed by atoms with Gasteiger partial charge in [0.2, 0.25) is 0 Å². The number of aliphatic hydroxyl groups is 1. The fourth-order valence-corrected chi connectivity index (χ4v) is 3.09. The van der Waals surface area contributed by atoms with Gasteiger partial charge in [0.15, 0.2) is 0 Å². The molecule has 0 amide bonds. The van der Waals surface area contributed by atoms with Crippen molar-refractivity contribution in [3.63, 3.8) is 0 Å². The van der Waals surface area contributed by atoms with Crippen molar-refractivity contribution in [1.82, 2.24) is 10.2 Å². The maximum atomic E-state index is 9.99. The first-order valence-corrected chi connectivity index (χ1v) is 7.34. The zero-order chi connectivity index (χ0) is 13.0. The third kappa shape index (κ3) is 3.44. The summed E-state index contributed by atoms with van der Waals surface area (Å²) in [6.07, 6.45) is 2.10. The van der Waals surface area contributed by atoms with Gasteiger partial charge in [-0.3, -0.25) is 0 Å². The molecule has 3 atom stereocenters. The van der Waals surface area contributed by atoms with E-state index in [4.69, 9.17) is 4.74 Å². The van der Waals surface area contributed by atoms with Crippen molar-refractivity contribution in [3.8, 4) is 0 Å². The first-order chi connectivity index (χ1) is 8.65. The van der Waals surface area contributed by atoms with Gasteiger partial charge in [-0.1, -0.05) is 13.8 Å². The quantitative estimate of drug-likeness (QED) is 0.760. The Hall–Kier alpha value is -0.160. The van der Waals surface area contributed by atoms with E-state index in [2.05, 4.69) is 24.1 Å². The Morgan fingerprint density at radius 1 is 1.50 bits per heavy atom. The number of hydrogen-bond acceptors (Lipinski definition) is 4. The summed E-state index contributed by atoms with van der Waals surface area (Å²) in [7, 11) is 0. The Morgan fingerprint density at radius 3 is 2.94 bits per heavy atom. The lowest BCUT2D eigenvalue weighted by Crippen LogP contribution is -2.50. The molecule has 0 aliphatic carbocycles. The topological polar surface area (TPSA) is 44.7 Å². The van der Waals surface area contributed by atoms with E-state index < -0.39 is 0 Å². The van der Waals surface area contributed by atoms with Crippen molar-refractivity contribution in [3.05, 3.63) is 0 Å². The van der Waals surface area contributed by atoms with Gasteiger partial charge >= 0.3 is 0 Å². The molecule has 4 heteroatoms. The molecule has 2 heterocycles. The molecule has 4 nitrogen and oxygen atoms in total. The lowest BCUT2D eigenvalue weighted by Gasteiger charge is -2.39. The first kappa shape index (κ1) is 14.3. The maximum absolute atomic E-state index is 9.99. The molecule has 0 aromatic heterocycles. The molecule has 2 N–H and O–H groups in total. The van der Waals surface area contributed by atoms with Crippen LogP contribution in [-0.4, -0.2) is 62.0 Å². The fourth-order valence-electron chi connectivity index (χ4n) is 3.09. The van der Waals surface area contributed by atoms with E-state index >= 15 is 0 Å². The average Bonchev–Trinajstić information content (AvgIpc) is 2.80. The maximum Gasteiger partial charge on any atom is 0.0693 e. The number of ether oxygens (including phenoxy) is 1. The summed E-state index contributed by atoms with van der Waals surface area (Å²) in [5.74, 6) is 0.450. The normalized spacial score (nSPS) is 38.2. The third-order valence-corrected chi connectivity index (χ3v) is 4.50. The summed E-state index contributed by atoms with van der Waals surface area (Å²) < 4.78 is 5.62. The minimum absolute atomic E-state index is 0.155. The molecule has 2 aliphatic rings. The molecule has 18 heavy (non-hydrogen) atoms. The summed E-state index contributed by atoms with van der Waals surface area (Å²) in [5.41, 5.74) is 0.260. The monoisotopic (exact) mass is 256 g/mol. The van der Waals surface area contributed by atoms with Crippen molar-refractivity contribution in [2.75, 3.05) is 45.9 Å². The molecule has 0 spiro atoms. The molecule has 0 aromatic carbocycles. The summed E-state index contributed by atoms with van der Waals surface area (Å²) in [6.45, 7) is 11.1. The van der Waals surface area contributed by atoms with Gasteiger partial charge in [-0.25, -0.2) is 0 Å². The Kier molecular flexibility index (Phi) is 5.01. The minimum Gasteiger partial charge on any atom is -0.392 e.